The smallest absolute Gasteiger partial charge is 0.199 e. The Labute approximate surface area is 94.2 Å². The highest BCUT2D eigenvalue weighted by molar-refractivity contribution is 8.12. The summed E-state index contributed by atoms with van der Waals surface area (Å²) in [5.74, 6) is 5.62. The number of amidine groups is 1. The van der Waals surface area contributed by atoms with Crippen molar-refractivity contribution in [2.75, 3.05) is 5.32 Å². The number of hydrazone groups is 1. The van der Waals surface area contributed by atoms with Crippen molar-refractivity contribution in [1.29, 1.82) is 0 Å². The Balaban J connectivity index is 2.93. The van der Waals surface area contributed by atoms with E-state index in [9.17, 15) is 0 Å². The zero-order chi connectivity index (χ0) is 11.3. The molecule has 0 amide bonds. The Morgan fingerprint density at radius 3 is 2.60 bits per heavy atom. The summed E-state index contributed by atoms with van der Waals surface area (Å²) < 4.78 is 0. The first kappa shape index (κ1) is 11.9. The van der Waals surface area contributed by atoms with E-state index in [-0.39, 0.29) is 0 Å². The van der Waals surface area contributed by atoms with Crippen LogP contribution in [-0.2, 0) is 0 Å². The van der Waals surface area contributed by atoms with Gasteiger partial charge >= 0.3 is 0 Å². The highest BCUT2D eigenvalue weighted by Gasteiger charge is 2.07. The van der Waals surface area contributed by atoms with Crippen LogP contribution in [0.2, 0.25) is 0 Å². The Bertz CT molecular complexity index is 349. The molecule has 0 heterocycles. The van der Waals surface area contributed by atoms with Gasteiger partial charge in [-0.25, -0.2) is 0 Å². The Hall–Kier alpha value is -1.20. The van der Waals surface area contributed by atoms with E-state index in [1.54, 1.807) is 0 Å². The van der Waals surface area contributed by atoms with Gasteiger partial charge in [0.25, 0.3) is 0 Å². The van der Waals surface area contributed by atoms with E-state index in [4.69, 9.17) is 11.0 Å². The van der Waals surface area contributed by atoms with Gasteiger partial charge in [-0.2, -0.15) is 5.10 Å². The lowest BCUT2D eigenvalue weighted by Gasteiger charge is -2.13. The molecule has 0 saturated carbocycles. The van der Waals surface area contributed by atoms with Gasteiger partial charge in [0.2, 0.25) is 0 Å². The molecule has 1 aromatic carbocycles. The summed E-state index contributed by atoms with van der Waals surface area (Å²) >= 11 is 0.999. The minimum Gasteiger partial charge on any atom is -0.332 e. The second-order valence-electron chi connectivity index (χ2n) is 3.42. The molecule has 0 aliphatic heterocycles. The van der Waals surface area contributed by atoms with Gasteiger partial charge in [-0.1, -0.05) is 32.0 Å². The molecule has 1 aromatic rings. The molecule has 0 aliphatic rings. The molecule has 82 valence electrons. The number of benzene rings is 1. The summed E-state index contributed by atoms with van der Waals surface area (Å²) in [6.45, 7) is 4.27. The van der Waals surface area contributed by atoms with Crippen molar-refractivity contribution in [2.45, 2.75) is 19.8 Å². The quantitative estimate of drug-likeness (QED) is 0.236. The first-order valence-electron chi connectivity index (χ1n) is 4.69. The second kappa shape index (κ2) is 5.63. The molecule has 5 heteroatoms. The number of hydrogen-bond acceptors (Lipinski definition) is 4. The van der Waals surface area contributed by atoms with E-state index in [1.807, 2.05) is 18.2 Å². The molecule has 0 fully saturated rings. The van der Waals surface area contributed by atoms with Gasteiger partial charge in [-0.05, 0) is 29.5 Å². The van der Waals surface area contributed by atoms with Crippen molar-refractivity contribution in [3.05, 3.63) is 29.8 Å². The van der Waals surface area contributed by atoms with Gasteiger partial charge in [0.1, 0.15) is 0 Å². The SMILES string of the molecule is CC(C)c1ccccc1N/C(=N/N)SN. The topological polar surface area (TPSA) is 76.4 Å². The Morgan fingerprint density at radius 2 is 2.07 bits per heavy atom. The fourth-order valence-corrected chi connectivity index (χ4v) is 1.55. The molecule has 0 aliphatic carbocycles. The molecule has 0 atom stereocenters. The molecule has 0 radical (unpaired) electrons. The van der Waals surface area contributed by atoms with Crippen molar-refractivity contribution in [3.8, 4) is 0 Å². The number of nitrogens with zero attached hydrogens (tertiary/aromatic N) is 1. The normalized spacial score (nSPS) is 11.9. The Kier molecular flexibility index (Phi) is 4.45. The van der Waals surface area contributed by atoms with E-state index >= 15 is 0 Å². The van der Waals surface area contributed by atoms with Crippen molar-refractivity contribution < 1.29 is 0 Å². The van der Waals surface area contributed by atoms with Crippen LogP contribution in [0.5, 0.6) is 0 Å². The minimum atomic E-state index is 0.440. The van der Waals surface area contributed by atoms with Crippen LogP contribution in [0.4, 0.5) is 5.69 Å². The number of rotatable bonds is 2. The summed E-state index contributed by atoms with van der Waals surface area (Å²) in [6.07, 6.45) is 0. The van der Waals surface area contributed by atoms with Gasteiger partial charge in [-0.3, -0.25) is 5.14 Å². The van der Waals surface area contributed by atoms with Crippen LogP contribution < -0.4 is 16.3 Å². The van der Waals surface area contributed by atoms with Gasteiger partial charge in [0, 0.05) is 5.69 Å². The number of anilines is 1. The van der Waals surface area contributed by atoms with Crippen molar-refractivity contribution in [3.63, 3.8) is 0 Å². The summed E-state index contributed by atoms with van der Waals surface area (Å²) in [4.78, 5) is 0. The third-order valence-electron chi connectivity index (χ3n) is 2.05. The standard InChI is InChI=1S/C10H16N4S/c1-7(2)8-5-3-4-6-9(8)13-10(14-11)15-12/h3-7H,11-12H2,1-2H3,(H,13,14). The average Bonchev–Trinajstić information content (AvgIpc) is 2.26. The summed E-state index contributed by atoms with van der Waals surface area (Å²) in [5, 5.41) is 12.5. The minimum absolute atomic E-state index is 0.440. The summed E-state index contributed by atoms with van der Waals surface area (Å²) in [6, 6.07) is 8.03. The molecule has 0 bridgehead atoms. The van der Waals surface area contributed by atoms with Crippen molar-refractivity contribution in [1.82, 2.24) is 0 Å². The number of nitrogens with two attached hydrogens (primary N) is 2. The fourth-order valence-electron chi connectivity index (χ4n) is 1.32. The van der Waals surface area contributed by atoms with Crippen LogP contribution in [0.25, 0.3) is 0 Å². The Morgan fingerprint density at radius 1 is 1.40 bits per heavy atom. The van der Waals surface area contributed by atoms with Crippen LogP contribution >= 0.6 is 11.9 Å². The maximum atomic E-state index is 5.40. The van der Waals surface area contributed by atoms with Crippen molar-refractivity contribution >= 4 is 22.8 Å². The van der Waals surface area contributed by atoms with Crippen LogP contribution in [0, 0.1) is 0 Å². The molecule has 0 unspecified atom stereocenters. The fraction of sp³-hybridized carbons (Fsp3) is 0.300. The highest BCUT2D eigenvalue weighted by Crippen LogP contribution is 2.24. The lowest BCUT2D eigenvalue weighted by Crippen LogP contribution is -2.14. The van der Waals surface area contributed by atoms with Gasteiger partial charge in [0.15, 0.2) is 5.17 Å². The molecule has 1 rings (SSSR count). The average molecular weight is 224 g/mol. The lowest BCUT2D eigenvalue weighted by molar-refractivity contribution is 0.869. The third-order valence-corrected chi connectivity index (χ3v) is 2.48. The van der Waals surface area contributed by atoms with E-state index in [0.29, 0.717) is 11.1 Å². The van der Waals surface area contributed by atoms with Crippen LogP contribution in [-0.4, -0.2) is 5.17 Å². The van der Waals surface area contributed by atoms with Gasteiger partial charge < -0.3 is 11.2 Å². The monoisotopic (exact) mass is 224 g/mol. The number of hydrogen-bond donors (Lipinski definition) is 3. The highest BCUT2D eigenvalue weighted by atomic mass is 32.2. The molecule has 0 saturated heterocycles. The second-order valence-corrected chi connectivity index (χ2v) is 4.04. The van der Waals surface area contributed by atoms with E-state index in [1.165, 1.54) is 5.56 Å². The summed E-state index contributed by atoms with van der Waals surface area (Å²) in [5.41, 5.74) is 2.21. The first-order chi connectivity index (χ1) is 7.19. The van der Waals surface area contributed by atoms with Crippen LogP contribution in [0.1, 0.15) is 25.3 Å². The molecule has 5 N–H and O–H groups in total. The maximum absolute atomic E-state index is 5.40. The predicted octanol–water partition coefficient (Wildman–Crippen LogP) is 2.06. The molecule has 0 aromatic heterocycles. The molecular weight excluding hydrogens is 208 g/mol. The first-order valence-corrected chi connectivity index (χ1v) is 5.57. The number of para-hydroxylation sites is 1. The van der Waals surface area contributed by atoms with Gasteiger partial charge in [-0.15, -0.1) is 0 Å². The van der Waals surface area contributed by atoms with Gasteiger partial charge in [0.05, 0.1) is 0 Å². The maximum Gasteiger partial charge on any atom is 0.199 e. The number of nitrogens with one attached hydrogen (secondary N) is 1. The van der Waals surface area contributed by atoms with Crippen LogP contribution in [0.15, 0.2) is 29.4 Å². The molecule has 15 heavy (non-hydrogen) atoms. The lowest BCUT2D eigenvalue weighted by atomic mass is 10.0. The third kappa shape index (κ3) is 3.14. The van der Waals surface area contributed by atoms with Crippen molar-refractivity contribution in [2.24, 2.45) is 16.1 Å². The van der Waals surface area contributed by atoms with E-state index < -0.39 is 0 Å². The van der Waals surface area contributed by atoms with E-state index in [0.717, 1.165) is 17.6 Å². The zero-order valence-electron chi connectivity index (χ0n) is 8.90. The van der Waals surface area contributed by atoms with Crippen LogP contribution in [0.3, 0.4) is 0 Å². The largest absolute Gasteiger partial charge is 0.332 e. The molecular formula is C10H16N4S. The zero-order valence-corrected chi connectivity index (χ0v) is 9.71. The molecule has 0 spiro atoms. The van der Waals surface area contributed by atoms with E-state index in [2.05, 4.69) is 30.3 Å². The predicted molar refractivity (Wildman–Crippen MR) is 67.6 cm³/mol. The summed E-state index contributed by atoms with van der Waals surface area (Å²) in [7, 11) is 0. The molecule has 4 nitrogen and oxygen atoms in total.